The van der Waals surface area contributed by atoms with Gasteiger partial charge in [0.15, 0.2) is 11.6 Å². The number of carbonyl (C=O) groups is 2. The highest BCUT2D eigenvalue weighted by Gasteiger charge is 2.19. The van der Waals surface area contributed by atoms with Crippen LogP contribution >= 0.6 is 23.2 Å². The third-order valence-electron chi connectivity index (χ3n) is 8.51. The molecule has 0 spiro atoms. The van der Waals surface area contributed by atoms with Crippen LogP contribution < -0.4 is 10.1 Å². The first-order valence-corrected chi connectivity index (χ1v) is 17.8. The third-order valence-corrected chi connectivity index (χ3v) is 8.98. The minimum absolute atomic E-state index is 0.0105. The van der Waals surface area contributed by atoms with Gasteiger partial charge in [0.05, 0.1) is 50.0 Å². The summed E-state index contributed by atoms with van der Waals surface area (Å²) < 4.78 is 32.8. The maximum absolute atomic E-state index is 14.4. The lowest BCUT2D eigenvalue weighted by Crippen LogP contribution is -2.24. The van der Waals surface area contributed by atoms with E-state index in [0.717, 1.165) is 32.9 Å². The molecule has 0 saturated carbocycles. The second kappa shape index (κ2) is 18.1. The average molecular weight is 801 g/mol. The lowest BCUT2D eigenvalue weighted by Gasteiger charge is -2.09. The number of amides is 1. The second-order valence-corrected chi connectivity index (χ2v) is 13.4. The molecule has 0 saturated heterocycles. The van der Waals surface area contributed by atoms with Crippen molar-refractivity contribution in [2.24, 2.45) is 0 Å². The van der Waals surface area contributed by atoms with Crippen molar-refractivity contribution in [3.8, 4) is 5.75 Å². The number of carboxylic acids is 1. The number of hydrogen-bond donors (Lipinski definition) is 2. The second-order valence-electron chi connectivity index (χ2n) is 12.5. The largest absolute Gasteiger partial charge is 0.494 e. The van der Waals surface area contributed by atoms with Crippen molar-refractivity contribution in [1.82, 2.24) is 34.8 Å². The van der Waals surface area contributed by atoms with E-state index in [2.05, 4.69) is 25.5 Å². The number of hydrogen-bond acceptors (Lipinski definition) is 9. The van der Waals surface area contributed by atoms with E-state index >= 15 is 0 Å². The Morgan fingerprint density at radius 3 is 1.82 bits per heavy atom. The van der Waals surface area contributed by atoms with Crippen molar-refractivity contribution >= 4 is 56.9 Å². The normalized spacial score (nSPS) is 11.0. The molecule has 4 aromatic heterocycles. The van der Waals surface area contributed by atoms with Crippen molar-refractivity contribution in [2.75, 3.05) is 21.3 Å². The molecule has 56 heavy (non-hydrogen) atoms. The van der Waals surface area contributed by atoms with Crippen LogP contribution in [-0.4, -0.2) is 67.8 Å². The van der Waals surface area contributed by atoms with Gasteiger partial charge in [0.1, 0.15) is 17.0 Å². The standard InChI is InChI=1S/C24H22ClFN4O3.C16H14ClN3O3/c1-32-14-21-19(24(31)28-11-17-4-3-5-22(33-2)23(17)26)13-30(29-21)12-15-8-16-6-7-18(25)9-20(16)27-10-15;1-23-9-15-13(16(21)22)8-20(19-15)7-10-4-11-2-3-12(17)5-14(11)18-6-10/h3-10,13H,11-12,14H2,1-2H3,(H,28,31);2-6,8H,7,9H2,1H3,(H,21,22). The molecular formula is C40H36Cl2FN7O6. The van der Waals surface area contributed by atoms with Crippen LogP contribution in [0.4, 0.5) is 4.39 Å². The first kappa shape index (κ1) is 39.8. The van der Waals surface area contributed by atoms with Gasteiger partial charge in [0.25, 0.3) is 5.91 Å². The molecule has 4 heterocycles. The zero-order valence-electron chi connectivity index (χ0n) is 30.5. The highest BCUT2D eigenvalue weighted by Crippen LogP contribution is 2.22. The number of rotatable bonds is 13. The quantitative estimate of drug-likeness (QED) is 0.121. The molecule has 0 aliphatic carbocycles. The van der Waals surface area contributed by atoms with Crippen molar-refractivity contribution in [3.63, 3.8) is 0 Å². The summed E-state index contributed by atoms with van der Waals surface area (Å²) >= 11 is 12.0. The highest BCUT2D eigenvalue weighted by atomic mass is 35.5. The van der Waals surface area contributed by atoms with Crippen LogP contribution in [0.5, 0.6) is 5.75 Å². The number of fused-ring (bicyclic) bond motifs is 2. The van der Waals surface area contributed by atoms with Gasteiger partial charge >= 0.3 is 5.97 Å². The molecule has 16 heteroatoms. The molecule has 7 rings (SSSR count). The number of carboxylic acid groups (broad SMARTS) is 1. The molecule has 0 radical (unpaired) electrons. The Bertz CT molecular complexity index is 2530. The number of nitrogens with zero attached hydrogens (tertiary/aromatic N) is 6. The SMILES string of the molecule is COCc1nn(Cc2cnc3cc(Cl)ccc3c2)cc1C(=O)NCc1cccc(OC)c1F.COCc1nn(Cc2cnc3cc(Cl)ccc3c2)cc1C(=O)O. The first-order chi connectivity index (χ1) is 27.0. The van der Waals surface area contributed by atoms with Crippen LogP contribution in [0.25, 0.3) is 21.8 Å². The Labute approximate surface area is 330 Å². The predicted octanol–water partition coefficient (Wildman–Crippen LogP) is 7.33. The van der Waals surface area contributed by atoms with Gasteiger partial charge in [-0.25, -0.2) is 9.18 Å². The van der Waals surface area contributed by atoms with Gasteiger partial charge < -0.3 is 24.6 Å². The van der Waals surface area contributed by atoms with E-state index in [1.807, 2.05) is 36.4 Å². The van der Waals surface area contributed by atoms with Crippen LogP contribution in [-0.2, 0) is 42.3 Å². The number of ether oxygens (including phenoxy) is 3. The summed E-state index contributed by atoms with van der Waals surface area (Å²) in [5, 5.41) is 23.9. The number of halogens is 3. The topological polar surface area (TPSA) is 156 Å². The Morgan fingerprint density at radius 2 is 1.30 bits per heavy atom. The number of aromatic nitrogens is 6. The van der Waals surface area contributed by atoms with E-state index < -0.39 is 11.8 Å². The molecule has 1 amide bonds. The monoisotopic (exact) mass is 799 g/mol. The van der Waals surface area contributed by atoms with Crippen molar-refractivity contribution in [2.45, 2.75) is 32.8 Å². The van der Waals surface area contributed by atoms with Gasteiger partial charge in [0, 0.05) is 71.9 Å². The smallest absolute Gasteiger partial charge is 0.339 e. The number of pyridine rings is 2. The molecule has 7 aromatic rings. The third kappa shape index (κ3) is 9.65. The summed E-state index contributed by atoms with van der Waals surface area (Å²) in [6.45, 7) is 1.17. The summed E-state index contributed by atoms with van der Waals surface area (Å²) in [7, 11) is 4.43. The van der Waals surface area contributed by atoms with Gasteiger partial charge in [-0.2, -0.15) is 10.2 Å². The Hall–Kier alpha value is -5.93. The first-order valence-electron chi connectivity index (χ1n) is 17.1. The minimum atomic E-state index is -1.02. The van der Waals surface area contributed by atoms with Crippen LogP contribution in [0.3, 0.4) is 0 Å². The zero-order valence-corrected chi connectivity index (χ0v) is 32.0. The molecule has 0 aliphatic rings. The molecule has 0 bridgehead atoms. The van der Waals surface area contributed by atoms with Crippen molar-refractivity contribution in [3.05, 3.63) is 147 Å². The maximum Gasteiger partial charge on any atom is 0.339 e. The van der Waals surface area contributed by atoms with Crippen LogP contribution in [0.1, 0.15) is 48.8 Å². The Balaban J connectivity index is 0.000000202. The van der Waals surface area contributed by atoms with E-state index in [1.165, 1.54) is 33.6 Å². The van der Waals surface area contributed by atoms with Gasteiger partial charge in [0.2, 0.25) is 0 Å². The molecule has 0 aliphatic heterocycles. The zero-order chi connectivity index (χ0) is 39.8. The van der Waals surface area contributed by atoms with E-state index in [-0.39, 0.29) is 37.0 Å². The van der Waals surface area contributed by atoms with E-state index in [9.17, 15) is 19.1 Å². The van der Waals surface area contributed by atoms with Crippen LogP contribution in [0.15, 0.2) is 91.5 Å². The summed E-state index contributed by atoms with van der Waals surface area (Å²) in [4.78, 5) is 32.9. The molecule has 0 unspecified atom stereocenters. The highest BCUT2D eigenvalue weighted by molar-refractivity contribution is 6.31. The molecule has 288 valence electrons. The lowest BCUT2D eigenvalue weighted by molar-refractivity contribution is 0.0691. The van der Waals surface area contributed by atoms with Gasteiger partial charge in [-0.05, 0) is 53.6 Å². The molecular weight excluding hydrogens is 764 g/mol. The summed E-state index contributed by atoms with van der Waals surface area (Å²) in [5.41, 5.74) is 5.18. The van der Waals surface area contributed by atoms with Crippen molar-refractivity contribution in [1.29, 1.82) is 0 Å². The number of methoxy groups -OCH3 is 3. The fraction of sp³-hybridized carbons (Fsp3) is 0.200. The van der Waals surface area contributed by atoms with Crippen LogP contribution in [0, 0.1) is 5.82 Å². The fourth-order valence-electron chi connectivity index (χ4n) is 5.89. The van der Waals surface area contributed by atoms with E-state index in [1.54, 1.807) is 52.2 Å². The summed E-state index contributed by atoms with van der Waals surface area (Å²) in [5.74, 6) is -1.77. The predicted molar refractivity (Wildman–Crippen MR) is 209 cm³/mol. The van der Waals surface area contributed by atoms with E-state index in [0.29, 0.717) is 45.6 Å². The van der Waals surface area contributed by atoms with Gasteiger partial charge in [-0.3, -0.25) is 24.1 Å². The number of carbonyl (C=O) groups excluding carboxylic acids is 1. The fourth-order valence-corrected chi connectivity index (χ4v) is 6.22. The molecule has 0 fully saturated rings. The van der Waals surface area contributed by atoms with E-state index in [4.69, 9.17) is 37.4 Å². The molecule has 3 aromatic carbocycles. The average Bonchev–Trinajstić information content (AvgIpc) is 3.78. The van der Waals surface area contributed by atoms with Gasteiger partial charge in [-0.15, -0.1) is 0 Å². The lowest BCUT2D eigenvalue weighted by atomic mass is 10.1. The maximum atomic E-state index is 14.4. The summed E-state index contributed by atoms with van der Waals surface area (Å²) in [6, 6.07) is 19.8. The Morgan fingerprint density at radius 1 is 0.768 bits per heavy atom. The molecule has 13 nitrogen and oxygen atoms in total. The molecule has 0 atom stereocenters. The number of aromatic carboxylic acids is 1. The summed E-state index contributed by atoms with van der Waals surface area (Å²) in [6.07, 6.45) is 6.64. The number of nitrogens with one attached hydrogen (secondary N) is 1. The molecule has 2 N–H and O–H groups in total. The minimum Gasteiger partial charge on any atom is -0.494 e. The van der Waals surface area contributed by atoms with Crippen LogP contribution in [0.2, 0.25) is 10.0 Å². The Kier molecular flexibility index (Phi) is 12.9. The van der Waals surface area contributed by atoms with Crippen molar-refractivity contribution < 1.29 is 33.3 Å². The number of benzene rings is 3. The van der Waals surface area contributed by atoms with Gasteiger partial charge in [-0.1, -0.05) is 47.5 Å².